The van der Waals surface area contributed by atoms with Crippen LogP contribution in [-0.2, 0) is 4.79 Å². The van der Waals surface area contributed by atoms with Crippen LogP contribution in [0.15, 0.2) is 84.9 Å². The number of nitro groups is 1. The first kappa shape index (κ1) is 21.1. The zero-order valence-corrected chi connectivity index (χ0v) is 16.7. The number of benzene rings is 3. The molecule has 0 spiro atoms. The van der Waals surface area contributed by atoms with Crippen molar-refractivity contribution in [3.05, 3.63) is 112 Å². The fourth-order valence-corrected chi connectivity index (χ4v) is 3.88. The number of nitro benzene ring substituents is 1. The van der Waals surface area contributed by atoms with Crippen molar-refractivity contribution < 1.29 is 14.5 Å². The minimum atomic E-state index is -0.625. The molecule has 3 rings (SSSR count). The summed E-state index contributed by atoms with van der Waals surface area (Å²) in [4.78, 5) is 34.7. The first-order valence-electron chi connectivity index (χ1n) is 9.10. The summed E-state index contributed by atoms with van der Waals surface area (Å²) < 4.78 is 0. The van der Waals surface area contributed by atoms with Gasteiger partial charge in [-0.3, -0.25) is 30.6 Å². The number of hydrazine groups is 1. The van der Waals surface area contributed by atoms with Gasteiger partial charge in [-0.25, -0.2) is 0 Å². The molecule has 0 aliphatic carbocycles. The van der Waals surface area contributed by atoms with E-state index in [4.69, 9.17) is 0 Å². The predicted octanol–water partition coefficient (Wildman–Crippen LogP) is 3.88. The molecule has 3 aromatic rings. The molecule has 0 atom stereocenters. The van der Waals surface area contributed by atoms with Crippen LogP contribution in [-0.4, -0.2) is 22.5 Å². The van der Waals surface area contributed by atoms with Crippen LogP contribution < -0.4 is 10.9 Å². The Morgan fingerprint density at radius 3 is 2.03 bits per heavy atom. The number of nitrogens with zero attached hydrogens (tertiary/aromatic N) is 1. The first-order chi connectivity index (χ1) is 14.5. The summed E-state index contributed by atoms with van der Waals surface area (Å²) in [6, 6.07) is 25.0. The van der Waals surface area contributed by atoms with Crippen LogP contribution in [0.25, 0.3) is 0 Å². The molecular formula is C22H19N3O4S. The Morgan fingerprint density at radius 1 is 0.867 bits per heavy atom. The van der Waals surface area contributed by atoms with Gasteiger partial charge in [-0.2, -0.15) is 0 Å². The Bertz CT molecular complexity index is 989. The predicted molar refractivity (Wildman–Crippen MR) is 116 cm³/mol. The maximum absolute atomic E-state index is 12.3. The lowest BCUT2D eigenvalue weighted by Gasteiger charge is -2.17. The van der Waals surface area contributed by atoms with E-state index in [2.05, 4.69) is 10.9 Å². The zero-order valence-electron chi connectivity index (χ0n) is 15.9. The standard InChI is InChI=1S/C22H19N3O4S/c26-20(23-24-22(27)18-12-7-13-19(14-18)25(28)29)15-30-21(16-8-3-1-4-9-16)17-10-5-2-6-11-17/h1-14,21H,15H2,(H,23,26)(H,24,27). The highest BCUT2D eigenvalue weighted by Crippen LogP contribution is 2.35. The third-order valence-electron chi connectivity index (χ3n) is 4.22. The van der Waals surface area contributed by atoms with Crippen LogP contribution in [0.1, 0.15) is 26.7 Å². The highest BCUT2D eigenvalue weighted by atomic mass is 32.2. The topological polar surface area (TPSA) is 101 Å². The summed E-state index contributed by atoms with van der Waals surface area (Å²) >= 11 is 1.44. The minimum Gasteiger partial charge on any atom is -0.272 e. The molecule has 2 N–H and O–H groups in total. The van der Waals surface area contributed by atoms with Crippen molar-refractivity contribution in [2.45, 2.75) is 5.25 Å². The van der Waals surface area contributed by atoms with E-state index in [1.807, 2.05) is 60.7 Å². The summed E-state index contributed by atoms with van der Waals surface area (Å²) in [5, 5.41) is 10.8. The van der Waals surface area contributed by atoms with Crippen molar-refractivity contribution in [3.63, 3.8) is 0 Å². The van der Waals surface area contributed by atoms with E-state index in [1.165, 1.54) is 30.0 Å². The molecule has 0 unspecified atom stereocenters. The largest absolute Gasteiger partial charge is 0.272 e. The molecule has 152 valence electrons. The maximum Gasteiger partial charge on any atom is 0.270 e. The Balaban J connectivity index is 1.59. The number of hydrogen-bond acceptors (Lipinski definition) is 5. The van der Waals surface area contributed by atoms with Gasteiger partial charge in [0.15, 0.2) is 0 Å². The molecule has 2 amide bonds. The van der Waals surface area contributed by atoms with E-state index in [9.17, 15) is 19.7 Å². The fraction of sp³-hybridized carbons (Fsp3) is 0.0909. The molecule has 0 saturated heterocycles. The van der Waals surface area contributed by atoms with Crippen LogP contribution in [0.3, 0.4) is 0 Å². The number of hydrogen-bond donors (Lipinski definition) is 2. The van der Waals surface area contributed by atoms with Gasteiger partial charge in [0.05, 0.1) is 15.9 Å². The van der Waals surface area contributed by atoms with Crippen molar-refractivity contribution >= 4 is 29.3 Å². The van der Waals surface area contributed by atoms with Crippen molar-refractivity contribution in [1.29, 1.82) is 0 Å². The molecule has 0 aromatic heterocycles. The molecule has 7 nitrogen and oxygen atoms in total. The monoisotopic (exact) mass is 421 g/mol. The van der Waals surface area contributed by atoms with Gasteiger partial charge in [0.1, 0.15) is 0 Å². The van der Waals surface area contributed by atoms with Gasteiger partial charge in [0, 0.05) is 17.7 Å². The van der Waals surface area contributed by atoms with E-state index < -0.39 is 10.8 Å². The SMILES string of the molecule is O=C(CSC(c1ccccc1)c1ccccc1)NNC(=O)c1cccc([N+](=O)[O-])c1. The molecule has 30 heavy (non-hydrogen) atoms. The van der Waals surface area contributed by atoms with Gasteiger partial charge < -0.3 is 0 Å². The summed E-state index contributed by atoms with van der Waals surface area (Å²) in [6.45, 7) is 0. The van der Waals surface area contributed by atoms with Gasteiger partial charge >= 0.3 is 0 Å². The van der Waals surface area contributed by atoms with E-state index >= 15 is 0 Å². The molecule has 0 radical (unpaired) electrons. The summed E-state index contributed by atoms with van der Waals surface area (Å²) in [7, 11) is 0. The maximum atomic E-state index is 12.3. The molecular weight excluding hydrogens is 402 g/mol. The van der Waals surface area contributed by atoms with Gasteiger partial charge in [0.25, 0.3) is 11.6 Å². The lowest BCUT2D eigenvalue weighted by atomic mass is 10.0. The van der Waals surface area contributed by atoms with Crippen LogP contribution in [0.2, 0.25) is 0 Å². The fourth-order valence-electron chi connectivity index (χ4n) is 2.80. The van der Waals surface area contributed by atoms with Crippen LogP contribution in [0, 0.1) is 10.1 Å². The lowest BCUT2D eigenvalue weighted by molar-refractivity contribution is -0.384. The molecule has 3 aromatic carbocycles. The summed E-state index contributed by atoms with van der Waals surface area (Å²) in [5.74, 6) is -0.890. The third kappa shape index (κ3) is 5.68. The molecule has 0 saturated carbocycles. The van der Waals surface area contributed by atoms with Gasteiger partial charge in [-0.05, 0) is 17.2 Å². The van der Waals surface area contributed by atoms with Crippen molar-refractivity contribution in [1.82, 2.24) is 10.9 Å². The molecule has 0 aliphatic heterocycles. The molecule has 8 heteroatoms. The normalized spacial score (nSPS) is 10.4. The Morgan fingerprint density at radius 2 is 1.47 bits per heavy atom. The third-order valence-corrected chi connectivity index (χ3v) is 5.53. The lowest BCUT2D eigenvalue weighted by Crippen LogP contribution is -2.42. The molecule has 0 bridgehead atoms. The van der Waals surface area contributed by atoms with Crippen molar-refractivity contribution in [3.8, 4) is 0 Å². The summed E-state index contributed by atoms with van der Waals surface area (Å²) in [5.41, 5.74) is 6.69. The van der Waals surface area contributed by atoms with Crippen molar-refractivity contribution in [2.24, 2.45) is 0 Å². The average Bonchev–Trinajstić information content (AvgIpc) is 2.79. The van der Waals surface area contributed by atoms with Crippen LogP contribution in [0.4, 0.5) is 5.69 Å². The molecule has 0 fully saturated rings. The quantitative estimate of drug-likeness (QED) is 0.445. The summed E-state index contributed by atoms with van der Waals surface area (Å²) in [6.07, 6.45) is 0. The van der Waals surface area contributed by atoms with E-state index in [0.717, 1.165) is 17.2 Å². The number of carbonyl (C=O) groups excluding carboxylic acids is 2. The smallest absolute Gasteiger partial charge is 0.270 e. The number of thioether (sulfide) groups is 1. The van der Waals surface area contributed by atoms with Gasteiger partial charge in [0.2, 0.25) is 5.91 Å². The minimum absolute atomic E-state index is 0.0365. The Labute approximate surface area is 177 Å². The first-order valence-corrected chi connectivity index (χ1v) is 10.1. The van der Waals surface area contributed by atoms with E-state index in [-0.39, 0.29) is 28.2 Å². The second-order valence-corrected chi connectivity index (χ2v) is 7.42. The molecule has 0 heterocycles. The van der Waals surface area contributed by atoms with Crippen molar-refractivity contribution in [2.75, 3.05) is 5.75 Å². The van der Waals surface area contributed by atoms with Gasteiger partial charge in [-0.1, -0.05) is 66.7 Å². The number of rotatable bonds is 7. The Kier molecular flexibility index (Phi) is 7.18. The van der Waals surface area contributed by atoms with E-state index in [1.54, 1.807) is 0 Å². The number of amides is 2. The van der Waals surface area contributed by atoms with E-state index in [0.29, 0.717) is 0 Å². The molecule has 0 aliphatic rings. The highest BCUT2D eigenvalue weighted by molar-refractivity contribution is 8.00. The zero-order chi connectivity index (χ0) is 21.3. The number of nitrogens with one attached hydrogen (secondary N) is 2. The second-order valence-electron chi connectivity index (χ2n) is 6.32. The number of carbonyl (C=O) groups is 2. The second kappa shape index (κ2) is 10.2. The van der Waals surface area contributed by atoms with Gasteiger partial charge in [-0.15, -0.1) is 11.8 Å². The van der Waals surface area contributed by atoms with Crippen LogP contribution in [0.5, 0.6) is 0 Å². The Hall–Kier alpha value is -3.65. The van der Waals surface area contributed by atoms with Crippen LogP contribution >= 0.6 is 11.8 Å². The number of non-ortho nitro benzene ring substituents is 1. The highest BCUT2D eigenvalue weighted by Gasteiger charge is 2.17. The average molecular weight is 421 g/mol.